The Morgan fingerprint density at radius 2 is 2.06 bits per heavy atom. The van der Waals surface area contributed by atoms with Crippen molar-refractivity contribution in [2.45, 2.75) is 24.8 Å². The van der Waals surface area contributed by atoms with Crippen molar-refractivity contribution < 1.29 is 8.42 Å². The molecule has 0 aliphatic rings. The van der Waals surface area contributed by atoms with Gasteiger partial charge in [0.15, 0.2) is 0 Å². The van der Waals surface area contributed by atoms with Crippen molar-refractivity contribution in [3.8, 4) is 0 Å². The van der Waals surface area contributed by atoms with Crippen LogP contribution in [0.5, 0.6) is 0 Å². The van der Waals surface area contributed by atoms with Gasteiger partial charge in [0.05, 0.1) is 5.69 Å². The molecule has 96 valence electrons. The molecule has 0 saturated carbocycles. The second kappa shape index (κ2) is 6.28. The molecule has 0 amide bonds. The molecule has 0 aliphatic carbocycles. The van der Waals surface area contributed by atoms with E-state index < -0.39 is 10.0 Å². The Kier molecular flexibility index (Phi) is 5.30. The first-order valence-electron chi connectivity index (χ1n) is 5.41. The van der Waals surface area contributed by atoms with Crippen LogP contribution in [0.2, 0.25) is 0 Å². The SMILES string of the molecule is CCSCC(C)Nc1ccccc1S(N)(=O)=O. The van der Waals surface area contributed by atoms with Crippen LogP contribution in [0.15, 0.2) is 29.2 Å². The van der Waals surface area contributed by atoms with E-state index in [0.29, 0.717) is 5.69 Å². The molecule has 4 nitrogen and oxygen atoms in total. The topological polar surface area (TPSA) is 72.2 Å². The van der Waals surface area contributed by atoms with Gasteiger partial charge in [0.1, 0.15) is 4.90 Å². The van der Waals surface area contributed by atoms with E-state index in [1.807, 2.05) is 6.92 Å². The number of nitrogens with two attached hydrogens (primary N) is 1. The minimum absolute atomic E-state index is 0.147. The quantitative estimate of drug-likeness (QED) is 0.831. The maximum Gasteiger partial charge on any atom is 0.240 e. The van der Waals surface area contributed by atoms with Crippen molar-refractivity contribution >= 4 is 27.5 Å². The van der Waals surface area contributed by atoms with Gasteiger partial charge in [-0.25, -0.2) is 13.6 Å². The van der Waals surface area contributed by atoms with E-state index in [9.17, 15) is 8.42 Å². The Hall–Kier alpha value is -0.720. The third kappa shape index (κ3) is 4.57. The van der Waals surface area contributed by atoms with Gasteiger partial charge in [0.25, 0.3) is 0 Å². The molecule has 0 aliphatic heterocycles. The van der Waals surface area contributed by atoms with E-state index in [1.54, 1.807) is 30.0 Å². The van der Waals surface area contributed by atoms with E-state index >= 15 is 0 Å². The fraction of sp³-hybridized carbons (Fsp3) is 0.455. The first-order chi connectivity index (χ1) is 7.95. The number of primary sulfonamides is 1. The minimum atomic E-state index is -3.67. The normalized spacial score (nSPS) is 13.4. The maximum atomic E-state index is 11.4. The lowest BCUT2D eigenvalue weighted by Crippen LogP contribution is -2.21. The summed E-state index contributed by atoms with van der Waals surface area (Å²) < 4.78 is 22.8. The molecule has 1 aromatic rings. The van der Waals surface area contributed by atoms with Gasteiger partial charge in [0.2, 0.25) is 10.0 Å². The first kappa shape index (κ1) is 14.3. The van der Waals surface area contributed by atoms with Gasteiger partial charge in [-0.2, -0.15) is 11.8 Å². The minimum Gasteiger partial charge on any atom is -0.381 e. The Morgan fingerprint density at radius 1 is 1.41 bits per heavy atom. The number of para-hydroxylation sites is 1. The number of sulfonamides is 1. The van der Waals surface area contributed by atoms with E-state index in [-0.39, 0.29) is 10.9 Å². The number of hydrogen-bond acceptors (Lipinski definition) is 4. The molecule has 1 rings (SSSR count). The zero-order valence-corrected chi connectivity index (χ0v) is 11.6. The van der Waals surface area contributed by atoms with Crippen molar-refractivity contribution in [3.63, 3.8) is 0 Å². The second-order valence-corrected chi connectivity index (χ2v) is 6.59. The van der Waals surface area contributed by atoms with Gasteiger partial charge in [-0.05, 0) is 24.8 Å². The van der Waals surface area contributed by atoms with Crippen LogP contribution >= 0.6 is 11.8 Å². The molecule has 0 fully saturated rings. The lowest BCUT2D eigenvalue weighted by molar-refractivity contribution is 0.598. The van der Waals surface area contributed by atoms with Gasteiger partial charge in [-0.15, -0.1) is 0 Å². The number of anilines is 1. The molecule has 1 atom stereocenters. The summed E-state index contributed by atoms with van der Waals surface area (Å²) in [5.41, 5.74) is 0.569. The van der Waals surface area contributed by atoms with Crippen LogP contribution < -0.4 is 10.5 Å². The van der Waals surface area contributed by atoms with Crippen molar-refractivity contribution in [2.75, 3.05) is 16.8 Å². The molecule has 1 unspecified atom stereocenters. The fourth-order valence-corrected chi connectivity index (χ4v) is 2.81. The largest absolute Gasteiger partial charge is 0.381 e. The van der Waals surface area contributed by atoms with Crippen molar-refractivity contribution in [2.24, 2.45) is 5.14 Å². The lowest BCUT2D eigenvalue weighted by atomic mass is 10.3. The summed E-state index contributed by atoms with van der Waals surface area (Å²) in [5.74, 6) is 1.97. The standard InChI is InChI=1S/C11H18N2O2S2/c1-3-16-8-9(2)13-10-6-4-5-7-11(10)17(12,14)15/h4-7,9,13H,3,8H2,1-2H3,(H2,12,14,15). The van der Waals surface area contributed by atoms with Crippen LogP contribution in [0.3, 0.4) is 0 Å². The van der Waals surface area contributed by atoms with E-state index in [1.165, 1.54) is 6.07 Å². The summed E-state index contributed by atoms with van der Waals surface area (Å²) in [4.78, 5) is 0.147. The smallest absolute Gasteiger partial charge is 0.240 e. The molecule has 3 N–H and O–H groups in total. The van der Waals surface area contributed by atoms with E-state index in [4.69, 9.17) is 5.14 Å². The highest BCUT2D eigenvalue weighted by Gasteiger charge is 2.14. The molecule has 1 aromatic carbocycles. The highest BCUT2D eigenvalue weighted by Crippen LogP contribution is 2.20. The third-order valence-electron chi connectivity index (χ3n) is 2.17. The summed E-state index contributed by atoms with van der Waals surface area (Å²) in [6.45, 7) is 4.11. The molecule has 0 bridgehead atoms. The van der Waals surface area contributed by atoms with E-state index in [2.05, 4.69) is 12.2 Å². The van der Waals surface area contributed by atoms with Crippen LogP contribution in [0.1, 0.15) is 13.8 Å². The summed E-state index contributed by atoms with van der Waals surface area (Å²) in [5, 5.41) is 8.33. The average Bonchev–Trinajstić information content (AvgIpc) is 2.25. The Morgan fingerprint density at radius 3 is 2.65 bits per heavy atom. The monoisotopic (exact) mass is 274 g/mol. The summed E-state index contributed by atoms with van der Waals surface area (Å²) in [7, 11) is -3.67. The predicted molar refractivity (Wildman–Crippen MR) is 73.9 cm³/mol. The van der Waals surface area contributed by atoms with Crippen LogP contribution in [0.4, 0.5) is 5.69 Å². The fourth-order valence-electron chi connectivity index (χ4n) is 1.44. The Bertz CT molecular complexity index is 460. The van der Waals surface area contributed by atoms with Crippen molar-refractivity contribution in [3.05, 3.63) is 24.3 Å². The molecule has 0 radical (unpaired) electrons. The number of hydrogen-bond donors (Lipinski definition) is 2. The molecular weight excluding hydrogens is 256 g/mol. The number of rotatable bonds is 6. The van der Waals surface area contributed by atoms with Crippen LogP contribution in [-0.2, 0) is 10.0 Å². The number of nitrogens with one attached hydrogen (secondary N) is 1. The Labute approximate surface area is 107 Å². The second-order valence-electron chi connectivity index (χ2n) is 3.75. The van der Waals surface area contributed by atoms with Gasteiger partial charge >= 0.3 is 0 Å². The highest BCUT2D eigenvalue weighted by molar-refractivity contribution is 7.99. The molecular formula is C11H18N2O2S2. The van der Waals surface area contributed by atoms with E-state index in [0.717, 1.165) is 11.5 Å². The Balaban J connectivity index is 2.84. The summed E-state index contributed by atoms with van der Waals surface area (Å²) >= 11 is 1.81. The molecule has 0 heterocycles. The average molecular weight is 274 g/mol. The molecule has 17 heavy (non-hydrogen) atoms. The maximum absolute atomic E-state index is 11.4. The molecule has 6 heteroatoms. The zero-order chi connectivity index (χ0) is 12.9. The van der Waals surface area contributed by atoms with Gasteiger partial charge < -0.3 is 5.32 Å². The third-order valence-corrected chi connectivity index (χ3v) is 4.28. The summed E-state index contributed by atoms with van der Waals surface area (Å²) in [6, 6.07) is 6.89. The predicted octanol–water partition coefficient (Wildman–Crippen LogP) is 1.89. The first-order valence-corrected chi connectivity index (χ1v) is 8.11. The molecule has 0 saturated heterocycles. The van der Waals surface area contributed by atoms with Crippen molar-refractivity contribution in [1.29, 1.82) is 0 Å². The molecule has 0 aromatic heterocycles. The van der Waals surface area contributed by atoms with Crippen LogP contribution in [0, 0.1) is 0 Å². The number of thioether (sulfide) groups is 1. The lowest BCUT2D eigenvalue weighted by Gasteiger charge is -2.16. The van der Waals surface area contributed by atoms with Gasteiger partial charge in [-0.1, -0.05) is 19.1 Å². The molecule has 0 spiro atoms. The van der Waals surface area contributed by atoms with Crippen LogP contribution in [-0.4, -0.2) is 26.0 Å². The summed E-state index contributed by atoms with van der Waals surface area (Å²) in [6.07, 6.45) is 0. The van der Waals surface area contributed by atoms with Gasteiger partial charge in [0, 0.05) is 11.8 Å². The van der Waals surface area contributed by atoms with Crippen LogP contribution in [0.25, 0.3) is 0 Å². The zero-order valence-electron chi connectivity index (χ0n) is 10.0. The highest BCUT2D eigenvalue weighted by atomic mass is 32.2. The number of benzene rings is 1. The van der Waals surface area contributed by atoms with Crippen molar-refractivity contribution in [1.82, 2.24) is 0 Å². The van der Waals surface area contributed by atoms with Gasteiger partial charge in [-0.3, -0.25) is 0 Å².